The van der Waals surface area contributed by atoms with Crippen LogP contribution in [-0.2, 0) is 11.2 Å². The maximum Gasteiger partial charge on any atom is 0.179 e. The van der Waals surface area contributed by atoms with Crippen molar-refractivity contribution < 1.29 is 19.3 Å². The fourth-order valence-corrected chi connectivity index (χ4v) is 4.70. The van der Waals surface area contributed by atoms with Crippen LogP contribution < -0.4 is 9.47 Å². The molecule has 1 aromatic carbocycles. The molecule has 3 rings (SSSR count). The first kappa shape index (κ1) is 20.7. The lowest BCUT2D eigenvalue weighted by Crippen LogP contribution is -2.46. The zero-order valence-electron chi connectivity index (χ0n) is 16.5. The molecule has 27 heavy (non-hydrogen) atoms. The van der Waals surface area contributed by atoms with Crippen LogP contribution in [0.1, 0.15) is 44.1 Å². The lowest BCUT2D eigenvalue weighted by atomic mass is 9.91. The second-order valence-electron chi connectivity index (χ2n) is 7.62. The summed E-state index contributed by atoms with van der Waals surface area (Å²) < 4.78 is 16.9. The Morgan fingerprint density at radius 1 is 1.15 bits per heavy atom. The van der Waals surface area contributed by atoms with Gasteiger partial charge in [-0.05, 0) is 49.8 Å². The van der Waals surface area contributed by atoms with E-state index in [9.17, 15) is 5.11 Å². The number of hydrogen-bond donors (Lipinski definition) is 1. The highest BCUT2D eigenvalue weighted by Gasteiger charge is 2.34. The molecule has 3 atom stereocenters. The van der Waals surface area contributed by atoms with Crippen LogP contribution in [0.25, 0.3) is 0 Å². The minimum Gasteiger partial charge on any atom is -0.493 e. The molecule has 2 fully saturated rings. The quantitative estimate of drug-likeness (QED) is 0.678. The zero-order chi connectivity index (χ0) is 19.2. The van der Waals surface area contributed by atoms with Crippen molar-refractivity contribution in [2.75, 3.05) is 33.9 Å². The maximum absolute atomic E-state index is 9.85. The molecule has 0 radical (unpaired) electrons. The van der Waals surface area contributed by atoms with Crippen LogP contribution in [0, 0.1) is 0 Å². The lowest BCUT2D eigenvalue weighted by molar-refractivity contribution is -0.0333. The average molecular weight is 398 g/mol. The number of aliphatic hydroxyl groups excluding tert-OH is 1. The molecule has 1 saturated carbocycles. The summed E-state index contributed by atoms with van der Waals surface area (Å²) in [5.41, 5.74) is 1.13. The Bertz CT molecular complexity index is 612. The van der Waals surface area contributed by atoms with Gasteiger partial charge in [0.25, 0.3) is 0 Å². The highest BCUT2D eigenvalue weighted by molar-refractivity contribution is 6.32. The van der Waals surface area contributed by atoms with Crippen LogP contribution in [0.2, 0.25) is 5.02 Å². The van der Waals surface area contributed by atoms with Crippen molar-refractivity contribution in [1.82, 2.24) is 4.90 Å². The molecule has 0 amide bonds. The predicted molar refractivity (Wildman–Crippen MR) is 107 cm³/mol. The Balaban J connectivity index is 1.49. The number of rotatable bonds is 8. The van der Waals surface area contributed by atoms with Crippen LogP contribution >= 0.6 is 11.6 Å². The molecule has 0 spiro atoms. The third-order valence-corrected chi connectivity index (χ3v) is 6.05. The Hall–Kier alpha value is -1.01. The van der Waals surface area contributed by atoms with Gasteiger partial charge in [0, 0.05) is 25.7 Å². The molecule has 1 aromatic rings. The zero-order valence-corrected chi connectivity index (χ0v) is 17.2. The van der Waals surface area contributed by atoms with Crippen molar-refractivity contribution in [2.45, 2.75) is 63.2 Å². The molecule has 5 nitrogen and oxygen atoms in total. The van der Waals surface area contributed by atoms with Crippen molar-refractivity contribution in [3.8, 4) is 11.5 Å². The van der Waals surface area contributed by atoms with E-state index in [0.717, 1.165) is 50.9 Å². The summed E-state index contributed by atoms with van der Waals surface area (Å²) in [6, 6.07) is 4.39. The summed E-state index contributed by atoms with van der Waals surface area (Å²) in [6.45, 7) is 2.54. The lowest BCUT2D eigenvalue weighted by Gasteiger charge is -2.37. The molecular weight excluding hydrogens is 366 g/mol. The smallest absolute Gasteiger partial charge is 0.179 e. The minimum atomic E-state index is -0.164. The van der Waals surface area contributed by atoms with Crippen LogP contribution in [0.15, 0.2) is 12.1 Å². The first-order valence-corrected chi connectivity index (χ1v) is 10.4. The molecular formula is C21H32ClNO4. The van der Waals surface area contributed by atoms with Gasteiger partial charge in [-0.2, -0.15) is 0 Å². The molecule has 1 heterocycles. The highest BCUT2D eigenvalue weighted by Crippen LogP contribution is 2.36. The molecule has 1 saturated heterocycles. The van der Waals surface area contributed by atoms with E-state index in [2.05, 4.69) is 4.90 Å². The third-order valence-electron chi connectivity index (χ3n) is 5.77. The molecule has 1 aliphatic carbocycles. The van der Waals surface area contributed by atoms with Gasteiger partial charge < -0.3 is 19.3 Å². The SMILES string of the molecule is COc1cc(CCCO[C@H]2CCCC[C@@H]2N2CCC(O)C2)cc(Cl)c1OC. The van der Waals surface area contributed by atoms with Gasteiger partial charge in [0.05, 0.1) is 31.5 Å². The largest absolute Gasteiger partial charge is 0.493 e. The predicted octanol–water partition coefficient (Wildman–Crippen LogP) is 3.68. The molecule has 1 unspecified atom stereocenters. The number of nitrogens with zero attached hydrogens (tertiary/aromatic N) is 1. The van der Waals surface area contributed by atoms with E-state index in [4.69, 9.17) is 25.8 Å². The molecule has 2 aliphatic rings. The number of halogens is 1. The van der Waals surface area contributed by atoms with E-state index in [1.54, 1.807) is 14.2 Å². The summed E-state index contributed by atoms with van der Waals surface area (Å²) in [6.07, 6.45) is 7.66. The summed E-state index contributed by atoms with van der Waals surface area (Å²) >= 11 is 6.29. The van der Waals surface area contributed by atoms with Gasteiger partial charge in [0.1, 0.15) is 0 Å². The van der Waals surface area contributed by atoms with Gasteiger partial charge in [-0.3, -0.25) is 4.90 Å². The van der Waals surface area contributed by atoms with Gasteiger partial charge in [-0.1, -0.05) is 24.4 Å². The third kappa shape index (κ3) is 5.29. The van der Waals surface area contributed by atoms with Crippen molar-refractivity contribution >= 4 is 11.6 Å². The van der Waals surface area contributed by atoms with Crippen LogP contribution in [-0.4, -0.2) is 62.2 Å². The second kappa shape index (κ2) is 9.97. The van der Waals surface area contributed by atoms with E-state index in [-0.39, 0.29) is 12.2 Å². The van der Waals surface area contributed by atoms with E-state index in [1.165, 1.54) is 19.3 Å². The van der Waals surface area contributed by atoms with Gasteiger partial charge in [0.2, 0.25) is 0 Å². The Labute approximate surface area is 167 Å². The van der Waals surface area contributed by atoms with Gasteiger partial charge in [0.15, 0.2) is 11.5 Å². The standard InChI is InChI=1S/C21H32ClNO4/c1-25-20-13-15(12-17(22)21(20)26-2)6-5-11-27-19-8-4-3-7-18(19)23-10-9-16(24)14-23/h12-13,16,18-19,24H,3-11,14H2,1-2H3/t16?,18-,19-/m0/s1. The maximum atomic E-state index is 9.85. The van der Waals surface area contributed by atoms with E-state index >= 15 is 0 Å². The summed E-state index contributed by atoms with van der Waals surface area (Å²) in [5.74, 6) is 1.25. The van der Waals surface area contributed by atoms with Gasteiger partial charge in [-0.25, -0.2) is 0 Å². The van der Waals surface area contributed by atoms with E-state index < -0.39 is 0 Å². The fourth-order valence-electron chi connectivity index (χ4n) is 4.39. The van der Waals surface area contributed by atoms with Crippen molar-refractivity contribution in [1.29, 1.82) is 0 Å². The number of hydrogen-bond acceptors (Lipinski definition) is 5. The molecule has 0 aromatic heterocycles. The first-order chi connectivity index (χ1) is 13.1. The van der Waals surface area contributed by atoms with Crippen molar-refractivity contribution in [3.05, 3.63) is 22.7 Å². The second-order valence-corrected chi connectivity index (χ2v) is 8.02. The number of β-amino-alcohol motifs (C(OH)–C–C–N with tert-alkyl or cyclic N) is 1. The average Bonchev–Trinajstić information content (AvgIpc) is 3.11. The normalized spacial score (nSPS) is 26.3. The molecule has 152 valence electrons. The number of likely N-dealkylation sites (tertiary alicyclic amines) is 1. The number of ether oxygens (including phenoxy) is 3. The van der Waals surface area contributed by atoms with Crippen LogP contribution in [0.4, 0.5) is 0 Å². The number of aliphatic hydroxyl groups is 1. The first-order valence-electron chi connectivity index (χ1n) is 10.1. The Kier molecular flexibility index (Phi) is 7.65. The fraction of sp³-hybridized carbons (Fsp3) is 0.714. The topological polar surface area (TPSA) is 51.2 Å². The monoisotopic (exact) mass is 397 g/mol. The number of methoxy groups -OCH3 is 2. The van der Waals surface area contributed by atoms with E-state index in [1.807, 2.05) is 12.1 Å². The molecule has 1 aliphatic heterocycles. The summed E-state index contributed by atoms with van der Waals surface area (Å²) in [5, 5.41) is 10.4. The number of benzene rings is 1. The van der Waals surface area contributed by atoms with Crippen LogP contribution in [0.5, 0.6) is 11.5 Å². The Morgan fingerprint density at radius 2 is 1.96 bits per heavy atom. The summed E-state index contributed by atoms with van der Waals surface area (Å²) in [7, 11) is 3.22. The minimum absolute atomic E-state index is 0.164. The summed E-state index contributed by atoms with van der Waals surface area (Å²) in [4.78, 5) is 2.43. The van der Waals surface area contributed by atoms with Crippen molar-refractivity contribution in [3.63, 3.8) is 0 Å². The highest BCUT2D eigenvalue weighted by atomic mass is 35.5. The van der Waals surface area contributed by atoms with E-state index in [0.29, 0.717) is 22.6 Å². The van der Waals surface area contributed by atoms with Crippen molar-refractivity contribution in [2.24, 2.45) is 0 Å². The molecule has 6 heteroatoms. The molecule has 0 bridgehead atoms. The van der Waals surface area contributed by atoms with Gasteiger partial charge in [-0.15, -0.1) is 0 Å². The Morgan fingerprint density at radius 3 is 2.67 bits per heavy atom. The van der Waals surface area contributed by atoms with Gasteiger partial charge >= 0.3 is 0 Å². The number of aryl methyl sites for hydroxylation is 1. The van der Waals surface area contributed by atoms with Crippen LogP contribution in [0.3, 0.4) is 0 Å². The molecule has 1 N–H and O–H groups in total.